The van der Waals surface area contributed by atoms with Crippen LogP contribution in [0.3, 0.4) is 0 Å². The van der Waals surface area contributed by atoms with Gasteiger partial charge in [0.15, 0.2) is 0 Å². The minimum atomic E-state index is 0.0175. The molecule has 1 amide bonds. The molecule has 0 N–H and O–H groups in total. The highest BCUT2D eigenvalue weighted by Gasteiger charge is 2.24. The highest BCUT2D eigenvalue weighted by Crippen LogP contribution is 2.25. The van der Waals surface area contributed by atoms with Crippen LogP contribution in [0.15, 0.2) is 78.9 Å². The number of hydrogen-bond donors (Lipinski definition) is 0. The van der Waals surface area contributed by atoms with E-state index in [1.54, 1.807) is 7.11 Å². The SMILES string of the molecule is COc1cccc(N2CCN(C(=O)c3ccccc3OCc3ccccc3)CC2)c1. The van der Waals surface area contributed by atoms with E-state index < -0.39 is 0 Å². The third-order valence-electron chi connectivity index (χ3n) is 5.34. The molecule has 1 aliphatic heterocycles. The predicted molar refractivity (Wildman–Crippen MR) is 118 cm³/mol. The molecule has 3 aromatic rings. The number of methoxy groups -OCH3 is 1. The number of carbonyl (C=O) groups is 1. The molecule has 0 atom stereocenters. The van der Waals surface area contributed by atoms with Gasteiger partial charge in [-0.2, -0.15) is 0 Å². The summed E-state index contributed by atoms with van der Waals surface area (Å²) in [7, 11) is 1.67. The van der Waals surface area contributed by atoms with Crippen LogP contribution in [0.4, 0.5) is 5.69 Å². The Bertz CT molecular complexity index is 982. The number of anilines is 1. The zero-order valence-corrected chi connectivity index (χ0v) is 17.2. The summed E-state index contributed by atoms with van der Waals surface area (Å²) in [5, 5.41) is 0. The van der Waals surface area contributed by atoms with Crippen LogP contribution in [0.2, 0.25) is 0 Å². The monoisotopic (exact) mass is 402 g/mol. The largest absolute Gasteiger partial charge is 0.497 e. The fourth-order valence-corrected chi connectivity index (χ4v) is 3.65. The lowest BCUT2D eigenvalue weighted by Crippen LogP contribution is -2.48. The van der Waals surface area contributed by atoms with E-state index >= 15 is 0 Å². The number of hydrogen-bond acceptors (Lipinski definition) is 4. The summed E-state index contributed by atoms with van der Waals surface area (Å²) < 4.78 is 11.3. The Morgan fingerprint density at radius 1 is 0.867 bits per heavy atom. The molecule has 1 aliphatic rings. The van der Waals surface area contributed by atoms with Crippen LogP contribution < -0.4 is 14.4 Å². The first-order valence-corrected chi connectivity index (χ1v) is 10.2. The summed E-state index contributed by atoms with van der Waals surface area (Å²) in [6.07, 6.45) is 0. The van der Waals surface area contributed by atoms with E-state index in [0.29, 0.717) is 31.0 Å². The van der Waals surface area contributed by atoms with Gasteiger partial charge in [0.25, 0.3) is 5.91 Å². The lowest BCUT2D eigenvalue weighted by atomic mass is 10.1. The van der Waals surface area contributed by atoms with Crippen molar-refractivity contribution in [2.75, 3.05) is 38.2 Å². The number of para-hydroxylation sites is 1. The average Bonchev–Trinajstić information content (AvgIpc) is 2.83. The van der Waals surface area contributed by atoms with Crippen molar-refractivity contribution in [3.8, 4) is 11.5 Å². The van der Waals surface area contributed by atoms with Crippen LogP contribution in [0, 0.1) is 0 Å². The molecular formula is C25H26N2O3. The number of ether oxygens (including phenoxy) is 2. The molecule has 0 saturated carbocycles. The third-order valence-corrected chi connectivity index (χ3v) is 5.34. The molecule has 3 aromatic carbocycles. The fraction of sp³-hybridized carbons (Fsp3) is 0.240. The molecule has 0 aromatic heterocycles. The van der Waals surface area contributed by atoms with Crippen LogP contribution in [0.1, 0.15) is 15.9 Å². The molecule has 1 heterocycles. The highest BCUT2D eigenvalue weighted by molar-refractivity contribution is 5.97. The van der Waals surface area contributed by atoms with Gasteiger partial charge < -0.3 is 19.3 Å². The topological polar surface area (TPSA) is 42.0 Å². The van der Waals surface area contributed by atoms with Crippen molar-refractivity contribution in [3.05, 3.63) is 90.0 Å². The van der Waals surface area contributed by atoms with Gasteiger partial charge in [-0.3, -0.25) is 4.79 Å². The molecule has 1 fully saturated rings. The van der Waals surface area contributed by atoms with E-state index in [4.69, 9.17) is 9.47 Å². The van der Waals surface area contributed by atoms with Crippen molar-refractivity contribution in [3.63, 3.8) is 0 Å². The number of carbonyl (C=O) groups excluding carboxylic acids is 1. The Balaban J connectivity index is 1.40. The first-order valence-electron chi connectivity index (χ1n) is 10.2. The number of benzene rings is 3. The van der Waals surface area contributed by atoms with E-state index in [-0.39, 0.29) is 5.91 Å². The molecule has 0 aliphatic carbocycles. The van der Waals surface area contributed by atoms with Gasteiger partial charge in [-0.15, -0.1) is 0 Å². The van der Waals surface area contributed by atoms with Crippen LogP contribution in [0.5, 0.6) is 11.5 Å². The van der Waals surface area contributed by atoms with E-state index in [1.807, 2.05) is 77.7 Å². The molecule has 5 heteroatoms. The summed E-state index contributed by atoms with van der Waals surface area (Å²) in [6.45, 7) is 3.35. The normalized spacial score (nSPS) is 13.8. The Morgan fingerprint density at radius 2 is 1.60 bits per heavy atom. The van der Waals surface area contributed by atoms with E-state index in [9.17, 15) is 4.79 Å². The van der Waals surface area contributed by atoms with Gasteiger partial charge in [0.2, 0.25) is 0 Å². The summed E-state index contributed by atoms with van der Waals surface area (Å²) in [4.78, 5) is 17.4. The maximum Gasteiger partial charge on any atom is 0.257 e. The van der Waals surface area contributed by atoms with Gasteiger partial charge in [0, 0.05) is 37.9 Å². The fourth-order valence-electron chi connectivity index (χ4n) is 3.65. The van der Waals surface area contributed by atoms with Gasteiger partial charge >= 0.3 is 0 Å². The minimum absolute atomic E-state index is 0.0175. The van der Waals surface area contributed by atoms with Gasteiger partial charge in [-0.25, -0.2) is 0 Å². The van der Waals surface area contributed by atoms with Gasteiger partial charge in [-0.05, 0) is 29.8 Å². The molecule has 154 valence electrons. The minimum Gasteiger partial charge on any atom is -0.497 e. The molecule has 0 unspecified atom stereocenters. The lowest BCUT2D eigenvalue weighted by molar-refractivity contribution is 0.0742. The molecule has 1 saturated heterocycles. The molecule has 0 bridgehead atoms. The summed E-state index contributed by atoms with van der Waals surface area (Å²) in [5.41, 5.74) is 2.81. The number of amides is 1. The number of piperazine rings is 1. The van der Waals surface area contributed by atoms with Crippen molar-refractivity contribution in [2.24, 2.45) is 0 Å². The predicted octanol–water partition coefficient (Wildman–Crippen LogP) is 4.24. The van der Waals surface area contributed by atoms with Crippen molar-refractivity contribution in [1.29, 1.82) is 0 Å². The molecular weight excluding hydrogens is 376 g/mol. The average molecular weight is 402 g/mol. The smallest absolute Gasteiger partial charge is 0.257 e. The van der Waals surface area contributed by atoms with Crippen molar-refractivity contribution < 1.29 is 14.3 Å². The van der Waals surface area contributed by atoms with Crippen LogP contribution in [-0.4, -0.2) is 44.1 Å². The Kier molecular flexibility index (Phi) is 6.18. The maximum atomic E-state index is 13.2. The first kappa shape index (κ1) is 19.8. The van der Waals surface area contributed by atoms with E-state index in [0.717, 1.165) is 30.1 Å². The van der Waals surface area contributed by atoms with Gasteiger partial charge in [0.05, 0.1) is 12.7 Å². The molecule has 4 rings (SSSR count). The van der Waals surface area contributed by atoms with Crippen molar-refractivity contribution in [2.45, 2.75) is 6.61 Å². The quantitative estimate of drug-likeness (QED) is 0.619. The number of rotatable bonds is 6. The maximum absolute atomic E-state index is 13.2. The first-order chi connectivity index (χ1) is 14.7. The van der Waals surface area contributed by atoms with Crippen LogP contribution in [0.25, 0.3) is 0 Å². The second kappa shape index (κ2) is 9.35. The standard InChI is InChI=1S/C25H26N2O3/c1-29-22-11-7-10-21(18-22)26-14-16-27(17-15-26)25(28)23-12-5-6-13-24(23)30-19-20-8-3-2-4-9-20/h2-13,18H,14-17,19H2,1H3. The van der Waals surface area contributed by atoms with E-state index in [2.05, 4.69) is 11.0 Å². The van der Waals surface area contributed by atoms with Crippen molar-refractivity contribution >= 4 is 11.6 Å². The Hall–Kier alpha value is -3.47. The second-order valence-electron chi connectivity index (χ2n) is 7.25. The second-order valence-corrected chi connectivity index (χ2v) is 7.25. The zero-order chi connectivity index (χ0) is 20.8. The number of nitrogens with zero attached hydrogens (tertiary/aromatic N) is 2. The molecule has 0 radical (unpaired) electrons. The molecule has 30 heavy (non-hydrogen) atoms. The van der Waals surface area contributed by atoms with Crippen molar-refractivity contribution in [1.82, 2.24) is 4.90 Å². The molecule has 0 spiro atoms. The lowest BCUT2D eigenvalue weighted by Gasteiger charge is -2.36. The zero-order valence-electron chi connectivity index (χ0n) is 17.2. The summed E-state index contributed by atoms with van der Waals surface area (Å²) in [5.74, 6) is 1.49. The third kappa shape index (κ3) is 4.57. The van der Waals surface area contributed by atoms with Crippen LogP contribution >= 0.6 is 0 Å². The van der Waals surface area contributed by atoms with Gasteiger partial charge in [-0.1, -0.05) is 48.5 Å². The Morgan fingerprint density at radius 3 is 2.37 bits per heavy atom. The Labute approximate surface area is 177 Å². The summed E-state index contributed by atoms with van der Waals surface area (Å²) in [6, 6.07) is 25.5. The van der Waals surface area contributed by atoms with Gasteiger partial charge in [0.1, 0.15) is 18.1 Å². The molecule has 5 nitrogen and oxygen atoms in total. The van der Waals surface area contributed by atoms with Crippen LogP contribution in [-0.2, 0) is 6.61 Å². The highest BCUT2D eigenvalue weighted by atomic mass is 16.5. The van der Waals surface area contributed by atoms with E-state index in [1.165, 1.54) is 0 Å². The summed E-state index contributed by atoms with van der Waals surface area (Å²) >= 11 is 0.